The summed E-state index contributed by atoms with van der Waals surface area (Å²) in [5.41, 5.74) is 25.2. The van der Waals surface area contributed by atoms with Crippen molar-refractivity contribution in [1.29, 1.82) is 0 Å². The average molecular weight is 1830 g/mol. The normalized spacial score (nSPS) is 11.5. The van der Waals surface area contributed by atoms with E-state index in [4.69, 9.17) is 58.1 Å². The van der Waals surface area contributed by atoms with Gasteiger partial charge in [0, 0.05) is 82.4 Å². The Balaban J connectivity index is 0.000000110. The molecule has 28 aromatic rings. The van der Waals surface area contributed by atoms with Crippen LogP contribution in [0.2, 0.25) is 0 Å². The van der Waals surface area contributed by atoms with Crippen molar-refractivity contribution in [3.63, 3.8) is 0 Å². The average Bonchev–Trinajstić information content (AvgIpc) is 1.70. The molecule has 6 heterocycles. The Labute approximate surface area is 821 Å². The number of rotatable bonds is 14. The third-order valence-electron chi connectivity index (χ3n) is 27.0. The third-order valence-corrected chi connectivity index (χ3v) is 27.0. The van der Waals surface area contributed by atoms with Crippen molar-refractivity contribution in [3.8, 4) is 158 Å². The molecule has 0 bridgehead atoms. The predicted molar refractivity (Wildman–Crippen MR) is 585 cm³/mol. The van der Waals surface area contributed by atoms with Crippen LogP contribution in [-0.4, -0.2) is 44.9 Å². The van der Waals surface area contributed by atoms with Crippen LogP contribution in [-0.2, 0) is 0 Å². The van der Waals surface area contributed by atoms with E-state index in [0.29, 0.717) is 52.4 Å². The first kappa shape index (κ1) is 84.1. The molecule has 0 atom stereocenters. The lowest BCUT2D eigenvalue weighted by atomic mass is 9.92. The lowest BCUT2D eigenvalue weighted by molar-refractivity contribution is 0.668. The molecule has 0 N–H and O–H groups in total. The molecule has 0 unspecified atom stereocenters. The number of hydrogen-bond donors (Lipinski definition) is 0. The van der Waals surface area contributed by atoms with Gasteiger partial charge >= 0.3 is 0 Å². The van der Waals surface area contributed by atoms with Gasteiger partial charge in [0.2, 0.25) is 0 Å². The topological polar surface area (TPSA) is 155 Å². The fraction of sp³-hybridized carbons (Fsp3) is 0. The molecule has 0 radical (unpaired) electrons. The smallest absolute Gasteiger partial charge is 0.164 e. The highest BCUT2D eigenvalue weighted by Crippen LogP contribution is 2.47. The fourth-order valence-corrected chi connectivity index (χ4v) is 20.1. The summed E-state index contributed by atoms with van der Waals surface area (Å²) < 4.78 is 18.6. The summed E-state index contributed by atoms with van der Waals surface area (Å²) in [4.78, 5) is 45.7. The number of para-hydroxylation sites is 3. The highest BCUT2D eigenvalue weighted by molar-refractivity contribution is 6.19. The van der Waals surface area contributed by atoms with E-state index < -0.39 is 0 Å². The van der Waals surface area contributed by atoms with Crippen molar-refractivity contribution in [2.45, 2.75) is 0 Å². The van der Waals surface area contributed by atoms with Gasteiger partial charge in [-0.05, 0) is 188 Å². The maximum Gasteiger partial charge on any atom is 0.164 e. The Morgan fingerprint density at radius 3 is 0.818 bits per heavy atom. The van der Waals surface area contributed by atoms with Crippen molar-refractivity contribution >= 4 is 120 Å². The lowest BCUT2D eigenvalue weighted by Crippen LogP contribution is -2.01. The fourth-order valence-electron chi connectivity index (χ4n) is 20.1. The Hall–Kier alpha value is -19.4. The van der Waals surface area contributed by atoms with Crippen LogP contribution in [0.4, 0.5) is 0 Å². The van der Waals surface area contributed by atoms with Crippen LogP contribution in [0, 0.1) is 0 Å². The van der Waals surface area contributed by atoms with E-state index in [1.54, 1.807) is 0 Å². The van der Waals surface area contributed by atoms with Gasteiger partial charge < -0.3 is 13.3 Å². The SMILES string of the molecule is c1ccc(-c2ccc(-c3nc(-c4ccccc4)nc(-c4ccc(-c5cccc6oc7ccccc7c56)c5ccccc45)n3)cc2)cc1.c1ccc(-c2cccc(-c3nc(-c4ccccc4)nc(-c4ccc(-c5cccc6oc7ccccc7c56)c5ccccc45)n3)c2)cc1.c1ccc2cc(-c3nc(-c4ccc5ccccc5c4)nc(-c4ccc(-c5ccc6oc7ccccc7c6c5)c5ccccc45)n3)ccc2c1. The molecule has 0 saturated carbocycles. The highest BCUT2D eigenvalue weighted by Gasteiger charge is 2.25. The molecular formula is C131H81N9O3. The largest absolute Gasteiger partial charge is 0.456 e. The number of furan rings is 3. The van der Waals surface area contributed by atoms with E-state index >= 15 is 0 Å². The second-order valence-corrected chi connectivity index (χ2v) is 35.6. The first-order chi connectivity index (χ1) is 70.8. The van der Waals surface area contributed by atoms with Gasteiger partial charge in [-0.15, -0.1) is 0 Å². The Kier molecular flexibility index (Phi) is 21.3. The van der Waals surface area contributed by atoms with Crippen LogP contribution in [0.25, 0.3) is 278 Å². The zero-order valence-corrected chi connectivity index (χ0v) is 77.0. The van der Waals surface area contributed by atoms with E-state index in [-0.39, 0.29) is 0 Å². The number of benzene rings is 22. The van der Waals surface area contributed by atoms with E-state index in [2.05, 4.69) is 370 Å². The van der Waals surface area contributed by atoms with Crippen molar-refractivity contribution < 1.29 is 13.3 Å². The quantitative estimate of drug-likeness (QED) is 0.102. The molecule has 0 aliphatic carbocycles. The van der Waals surface area contributed by atoms with Crippen LogP contribution in [0.1, 0.15) is 0 Å². The second-order valence-electron chi connectivity index (χ2n) is 35.6. The minimum atomic E-state index is 0.633. The molecule has 12 heteroatoms. The highest BCUT2D eigenvalue weighted by atomic mass is 16.3. The van der Waals surface area contributed by atoms with E-state index in [1.165, 1.54) is 16.3 Å². The first-order valence-corrected chi connectivity index (χ1v) is 47.8. The molecule has 22 aromatic carbocycles. The number of fused-ring (bicyclic) bond motifs is 14. The van der Waals surface area contributed by atoms with Gasteiger partial charge in [0.05, 0.1) is 0 Å². The van der Waals surface area contributed by atoms with Gasteiger partial charge in [0.15, 0.2) is 52.4 Å². The van der Waals surface area contributed by atoms with E-state index in [1.807, 2.05) is 121 Å². The number of aromatic nitrogens is 9. The van der Waals surface area contributed by atoms with Crippen molar-refractivity contribution in [3.05, 3.63) is 491 Å². The third kappa shape index (κ3) is 15.9. The Morgan fingerprint density at radius 2 is 0.371 bits per heavy atom. The van der Waals surface area contributed by atoms with Crippen LogP contribution >= 0.6 is 0 Å². The van der Waals surface area contributed by atoms with Crippen molar-refractivity contribution in [2.24, 2.45) is 0 Å². The maximum absolute atomic E-state index is 6.24. The second kappa shape index (κ2) is 36.2. The summed E-state index contributed by atoms with van der Waals surface area (Å²) in [5, 5.41) is 17.9. The minimum absolute atomic E-state index is 0.633. The Bertz CT molecular complexity index is 9720. The molecule has 0 saturated heterocycles. The van der Waals surface area contributed by atoms with Gasteiger partial charge in [0.1, 0.15) is 33.5 Å². The van der Waals surface area contributed by atoms with Gasteiger partial charge in [-0.2, -0.15) is 0 Å². The maximum atomic E-state index is 6.24. The first-order valence-electron chi connectivity index (χ1n) is 47.8. The van der Waals surface area contributed by atoms with Crippen LogP contribution in [0.5, 0.6) is 0 Å². The zero-order valence-electron chi connectivity index (χ0n) is 77.0. The van der Waals surface area contributed by atoms with Gasteiger partial charge in [-0.1, -0.05) is 413 Å². The molecule has 12 nitrogen and oxygen atoms in total. The molecule has 0 fully saturated rings. The summed E-state index contributed by atoms with van der Waals surface area (Å²) in [5.74, 6) is 5.74. The molecule has 0 aliphatic heterocycles. The van der Waals surface area contributed by atoms with Crippen molar-refractivity contribution in [1.82, 2.24) is 44.9 Å². The molecule has 0 amide bonds. The minimum Gasteiger partial charge on any atom is -0.456 e. The van der Waals surface area contributed by atoms with Gasteiger partial charge in [-0.25, -0.2) is 44.9 Å². The summed E-state index contributed by atoms with van der Waals surface area (Å²) in [6.07, 6.45) is 0. The van der Waals surface area contributed by atoms with Crippen LogP contribution < -0.4 is 0 Å². The molecule has 143 heavy (non-hydrogen) atoms. The monoisotopic (exact) mass is 1830 g/mol. The van der Waals surface area contributed by atoms with Crippen LogP contribution in [0.3, 0.4) is 0 Å². The standard InChI is InChI=1S/C45H27N3O.2C43H27N3O/c1-3-11-30-25-33(19-17-28(30)9-1)43-46-44(34-20-18-29-10-2-4-12-31(29)26-34)48-45(47-43)39-23-22-35(36-13-5-6-14-37(36)39)32-21-24-42-40(27-32)38-15-7-8-16-41(38)49-42;1-3-13-28(14-4-1)30-17-11-18-31(27-30)42-44-41(29-15-5-2-6-16-29)45-43(46-42)36-26-25-34(32-19-7-8-20-33(32)36)35-22-12-24-39-40(35)37-21-9-10-23-38(37)47-39;1-3-12-28(13-4-1)29-22-24-31(25-23-29)42-44-41(30-14-5-2-6-15-30)45-43(46-42)36-27-26-34(32-16-7-8-17-33(32)36)35-19-11-21-39-40(35)37-18-9-10-20-38(37)47-39/h1-27H;2*1-27H. The van der Waals surface area contributed by atoms with Gasteiger partial charge in [-0.3, -0.25) is 0 Å². The number of nitrogens with zero attached hydrogens (tertiary/aromatic N) is 9. The number of hydrogen-bond acceptors (Lipinski definition) is 12. The molecular weight excluding hydrogens is 1750 g/mol. The molecule has 28 rings (SSSR count). The van der Waals surface area contributed by atoms with E-state index in [0.717, 1.165) is 209 Å². The lowest BCUT2D eigenvalue weighted by Gasteiger charge is -2.14. The Morgan fingerprint density at radius 1 is 0.112 bits per heavy atom. The molecule has 668 valence electrons. The summed E-state index contributed by atoms with van der Waals surface area (Å²) >= 11 is 0. The zero-order chi connectivity index (χ0) is 94.6. The predicted octanol–water partition coefficient (Wildman–Crippen LogP) is 34.4. The van der Waals surface area contributed by atoms with E-state index in [9.17, 15) is 0 Å². The summed E-state index contributed by atoms with van der Waals surface area (Å²) in [7, 11) is 0. The van der Waals surface area contributed by atoms with Gasteiger partial charge in [0.25, 0.3) is 0 Å². The summed E-state index contributed by atoms with van der Waals surface area (Å²) in [6.45, 7) is 0. The van der Waals surface area contributed by atoms with Crippen LogP contribution in [0.15, 0.2) is 505 Å². The van der Waals surface area contributed by atoms with Crippen molar-refractivity contribution in [2.75, 3.05) is 0 Å². The molecule has 6 aromatic heterocycles. The molecule has 0 aliphatic rings. The molecule has 0 spiro atoms. The summed E-state index contributed by atoms with van der Waals surface area (Å²) in [6, 6.07) is 170.